The summed E-state index contributed by atoms with van der Waals surface area (Å²) in [6, 6.07) is 13.1. The first-order valence-electron chi connectivity index (χ1n) is 11.5. The van der Waals surface area contributed by atoms with Gasteiger partial charge < -0.3 is 14.8 Å². The van der Waals surface area contributed by atoms with Crippen LogP contribution < -0.4 is 14.8 Å². The van der Waals surface area contributed by atoms with Crippen molar-refractivity contribution in [1.82, 2.24) is 19.6 Å². The second-order valence-corrected chi connectivity index (χ2v) is 9.96. The van der Waals surface area contributed by atoms with E-state index in [9.17, 15) is 21.6 Å². The lowest BCUT2D eigenvalue weighted by Gasteiger charge is -2.26. The second kappa shape index (κ2) is 11.9. The van der Waals surface area contributed by atoms with Gasteiger partial charge in [0.15, 0.2) is 0 Å². The third-order valence-electron chi connectivity index (χ3n) is 5.51. The minimum atomic E-state index is -4.76. The van der Waals surface area contributed by atoms with Crippen molar-refractivity contribution >= 4 is 21.7 Å². The molecule has 0 spiro atoms. The summed E-state index contributed by atoms with van der Waals surface area (Å²) in [6.45, 7) is 4.27. The van der Waals surface area contributed by atoms with E-state index in [1.807, 2.05) is 0 Å². The Morgan fingerprint density at radius 1 is 1.00 bits per heavy atom. The van der Waals surface area contributed by atoms with E-state index in [2.05, 4.69) is 29.6 Å². The first-order valence-corrected chi connectivity index (χ1v) is 13.0. The summed E-state index contributed by atoms with van der Waals surface area (Å²) in [7, 11) is -3.64. The lowest BCUT2D eigenvalue weighted by atomic mass is 10.1. The number of nitrogens with one attached hydrogen (secondary N) is 2. The Hall–Kier alpha value is -3.26. The fourth-order valence-corrected chi connectivity index (χ4v) is 4.75. The fraction of sp³-hybridized carbons (Fsp3) is 0.333. The molecule has 0 bridgehead atoms. The quantitative estimate of drug-likeness (QED) is 0.377. The summed E-state index contributed by atoms with van der Waals surface area (Å²) in [5, 5.41) is 3.00. The SMILES string of the molecule is O=S(=O)(NCCCN1CCOCC1)c1ccc(Nc2nccc(-c3ccc(OC(F)(F)F)cc3)n2)cc1. The first-order chi connectivity index (χ1) is 17.7. The number of ether oxygens (including phenoxy) is 2. The molecule has 9 nitrogen and oxygen atoms in total. The van der Waals surface area contributed by atoms with Crippen LogP contribution >= 0.6 is 0 Å². The van der Waals surface area contributed by atoms with Crippen LogP contribution in [0.4, 0.5) is 24.8 Å². The lowest BCUT2D eigenvalue weighted by molar-refractivity contribution is -0.274. The molecule has 3 aromatic rings. The second-order valence-electron chi connectivity index (χ2n) is 8.19. The highest BCUT2D eigenvalue weighted by atomic mass is 32.2. The zero-order valence-electron chi connectivity index (χ0n) is 19.7. The van der Waals surface area contributed by atoms with Gasteiger partial charge in [0.25, 0.3) is 0 Å². The normalized spacial score (nSPS) is 14.9. The highest BCUT2D eigenvalue weighted by molar-refractivity contribution is 7.89. The van der Waals surface area contributed by atoms with E-state index < -0.39 is 16.4 Å². The third kappa shape index (κ3) is 8.12. The molecule has 13 heteroatoms. The van der Waals surface area contributed by atoms with Gasteiger partial charge in [0.05, 0.1) is 23.8 Å². The van der Waals surface area contributed by atoms with Gasteiger partial charge in [0.2, 0.25) is 16.0 Å². The van der Waals surface area contributed by atoms with Crippen LogP contribution in [0, 0.1) is 0 Å². The Balaban J connectivity index is 1.32. The van der Waals surface area contributed by atoms with E-state index in [-0.39, 0.29) is 16.6 Å². The summed E-state index contributed by atoms with van der Waals surface area (Å²) >= 11 is 0. The van der Waals surface area contributed by atoms with Crippen LogP contribution in [-0.2, 0) is 14.8 Å². The number of halogens is 3. The molecule has 0 aliphatic carbocycles. The number of anilines is 2. The van der Waals surface area contributed by atoms with Crippen LogP contribution in [0.3, 0.4) is 0 Å². The monoisotopic (exact) mass is 537 g/mol. The zero-order chi connectivity index (χ0) is 26.3. The van der Waals surface area contributed by atoms with Gasteiger partial charge in [0, 0.05) is 37.1 Å². The molecular formula is C24H26F3N5O4S. The Bertz CT molecular complexity index is 1270. The largest absolute Gasteiger partial charge is 0.573 e. The zero-order valence-corrected chi connectivity index (χ0v) is 20.6. The van der Waals surface area contributed by atoms with Crippen LogP contribution in [0.15, 0.2) is 65.7 Å². The summed E-state index contributed by atoms with van der Waals surface area (Å²) < 4.78 is 74.1. The Morgan fingerprint density at radius 2 is 1.70 bits per heavy atom. The molecule has 1 aromatic heterocycles. The molecule has 0 atom stereocenters. The van der Waals surface area contributed by atoms with E-state index in [4.69, 9.17) is 4.74 Å². The van der Waals surface area contributed by atoms with Gasteiger partial charge in [-0.1, -0.05) is 0 Å². The van der Waals surface area contributed by atoms with E-state index in [1.54, 1.807) is 18.2 Å². The van der Waals surface area contributed by atoms with Crippen molar-refractivity contribution < 1.29 is 31.1 Å². The lowest BCUT2D eigenvalue weighted by Crippen LogP contribution is -2.38. The number of aromatic nitrogens is 2. The van der Waals surface area contributed by atoms with Crippen molar-refractivity contribution in [2.24, 2.45) is 0 Å². The van der Waals surface area contributed by atoms with Gasteiger partial charge >= 0.3 is 6.36 Å². The molecular weight excluding hydrogens is 511 g/mol. The van der Waals surface area contributed by atoms with Gasteiger partial charge in [-0.05, 0) is 67.6 Å². The van der Waals surface area contributed by atoms with Crippen molar-refractivity contribution in [2.75, 3.05) is 44.7 Å². The van der Waals surface area contributed by atoms with E-state index in [1.165, 1.54) is 42.6 Å². The fourth-order valence-electron chi connectivity index (χ4n) is 3.67. The number of nitrogens with zero attached hydrogens (tertiary/aromatic N) is 3. The van der Waals surface area contributed by atoms with E-state index in [0.717, 1.165) is 19.6 Å². The molecule has 0 amide bonds. The molecule has 1 fully saturated rings. The summed E-state index contributed by atoms with van der Waals surface area (Å²) in [4.78, 5) is 10.9. The number of hydrogen-bond donors (Lipinski definition) is 2. The van der Waals surface area contributed by atoms with Crippen molar-refractivity contribution in [2.45, 2.75) is 17.7 Å². The maximum absolute atomic E-state index is 12.6. The van der Waals surface area contributed by atoms with E-state index >= 15 is 0 Å². The third-order valence-corrected chi connectivity index (χ3v) is 6.98. The number of alkyl halides is 3. The van der Waals surface area contributed by atoms with Crippen LogP contribution in [-0.4, -0.2) is 69.0 Å². The molecule has 2 heterocycles. The molecule has 0 radical (unpaired) electrons. The van der Waals surface area contributed by atoms with Crippen LogP contribution in [0.25, 0.3) is 11.3 Å². The number of benzene rings is 2. The number of hydrogen-bond acceptors (Lipinski definition) is 8. The highest BCUT2D eigenvalue weighted by Crippen LogP contribution is 2.26. The van der Waals surface area contributed by atoms with Gasteiger partial charge in [0.1, 0.15) is 5.75 Å². The molecule has 4 rings (SSSR count). The summed E-state index contributed by atoms with van der Waals surface area (Å²) in [5.41, 5.74) is 1.62. The molecule has 2 aromatic carbocycles. The average molecular weight is 538 g/mol. The average Bonchev–Trinajstić information content (AvgIpc) is 2.87. The molecule has 1 aliphatic rings. The maximum Gasteiger partial charge on any atom is 0.573 e. The van der Waals surface area contributed by atoms with Gasteiger partial charge in [-0.3, -0.25) is 4.90 Å². The molecule has 1 saturated heterocycles. The van der Waals surface area contributed by atoms with E-state index in [0.29, 0.717) is 43.1 Å². The van der Waals surface area contributed by atoms with Gasteiger partial charge in [-0.25, -0.2) is 23.1 Å². The Kier molecular flexibility index (Phi) is 8.59. The molecule has 37 heavy (non-hydrogen) atoms. The predicted molar refractivity (Wildman–Crippen MR) is 131 cm³/mol. The topological polar surface area (TPSA) is 106 Å². The maximum atomic E-state index is 12.6. The Labute approximate surface area is 212 Å². The molecule has 198 valence electrons. The van der Waals surface area contributed by atoms with Gasteiger partial charge in [-0.2, -0.15) is 0 Å². The van der Waals surface area contributed by atoms with Crippen LogP contribution in [0.2, 0.25) is 0 Å². The van der Waals surface area contributed by atoms with Gasteiger partial charge in [-0.15, -0.1) is 13.2 Å². The smallest absolute Gasteiger partial charge is 0.406 e. The molecule has 0 saturated carbocycles. The first kappa shape index (κ1) is 26.8. The molecule has 0 unspecified atom stereocenters. The van der Waals surface area contributed by atoms with Crippen LogP contribution in [0.5, 0.6) is 5.75 Å². The summed E-state index contributed by atoms with van der Waals surface area (Å²) in [6.07, 6.45) is -2.56. The standard InChI is InChI=1S/C24H26F3N5O4S/c25-24(26,27)36-20-6-2-18(3-7-20)22-10-12-28-23(31-22)30-19-4-8-21(9-5-19)37(33,34)29-11-1-13-32-14-16-35-17-15-32/h2-10,12,29H,1,11,13-17H2,(H,28,30,31). The van der Waals surface area contributed by atoms with Crippen molar-refractivity contribution in [3.8, 4) is 17.0 Å². The number of sulfonamides is 1. The van der Waals surface area contributed by atoms with Crippen molar-refractivity contribution in [1.29, 1.82) is 0 Å². The van der Waals surface area contributed by atoms with Crippen molar-refractivity contribution in [3.63, 3.8) is 0 Å². The number of rotatable bonds is 10. The minimum absolute atomic E-state index is 0.139. The highest BCUT2D eigenvalue weighted by Gasteiger charge is 2.31. The van der Waals surface area contributed by atoms with Crippen LogP contribution in [0.1, 0.15) is 6.42 Å². The predicted octanol–water partition coefficient (Wildman–Crippen LogP) is 3.79. The molecule has 2 N–H and O–H groups in total. The van der Waals surface area contributed by atoms with Crippen molar-refractivity contribution in [3.05, 3.63) is 60.8 Å². The minimum Gasteiger partial charge on any atom is -0.406 e. The molecule has 1 aliphatic heterocycles. The Morgan fingerprint density at radius 3 is 2.38 bits per heavy atom. The number of morpholine rings is 1. The summed E-state index contributed by atoms with van der Waals surface area (Å²) in [5.74, 6) is -0.0877.